The van der Waals surface area contributed by atoms with E-state index in [0.29, 0.717) is 0 Å². The molecule has 3 nitrogen and oxygen atoms in total. The zero-order valence-corrected chi connectivity index (χ0v) is 17.7. The molecular weight excluding hydrogens is 346 g/mol. The predicted molar refractivity (Wildman–Crippen MR) is 117 cm³/mol. The molecule has 1 heterocycles. The van der Waals surface area contributed by atoms with Gasteiger partial charge in [-0.15, -0.1) is 0 Å². The number of hydrogen-bond acceptors (Lipinski definition) is 3. The van der Waals surface area contributed by atoms with E-state index in [-0.39, 0.29) is 17.1 Å². The number of benzene rings is 2. The van der Waals surface area contributed by atoms with Crippen LogP contribution in [0.15, 0.2) is 59.6 Å². The third kappa shape index (κ3) is 5.45. The van der Waals surface area contributed by atoms with Crippen molar-refractivity contribution in [3.8, 4) is 5.75 Å². The molecule has 0 aliphatic carbocycles. The summed E-state index contributed by atoms with van der Waals surface area (Å²) in [5.74, 6) is 0.902. The highest BCUT2D eigenvalue weighted by Gasteiger charge is 2.41. The van der Waals surface area contributed by atoms with Crippen LogP contribution in [0.5, 0.6) is 5.75 Å². The van der Waals surface area contributed by atoms with Crippen molar-refractivity contribution < 1.29 is 9.47 Å². The molecule has 0 bridgehead atoms. The van der Waals surface area contributed by atoms with Gasteiger partial charge >= 0.3 is 0 Å². The van der Waals surface area contributed by atoms with Crippen LogP contribution < -0.4 is 4.74 Å². The summed E-state index contributed by atoms with van der Waals surface area (Å²) in [6.07, 6.45) is 5.28. The maximum Gasteiger partial charge on any atom is 0.119 e. The lowest BCUT2D eigenvalue weighted by atomic mass is 9.67. The van der Waals surface area contributed by atoms with Crippen LogP contribution in [0, 0.1) is 0 Å². The lowest BCUT2D eigenvalue weighted by Gasteiger charge is -2.45. The summed E-state index contributed by atoms with van der Waals surface area (Å²) in [5, 5.41) is 0. The minimum absolute atomic E-state index is 0.0932. The van der Waals surface area contributed by atoms with Crippen LogP contribution in [-0.2, 0) is 10.2 Å². The van der Waals surface area contributed by atoms with Crippen molar-refractivity contribution in [3.63, 3.8) is 0 Å². The maximum absolute atomic E-state index is 6.01. The molecule has 1 saturated heterocycles. The van der Waals surface area contributed by atoms with Gasteiger partial charge in [-0.1, -0.05) is 30.3 Å². The lowest BCUT2D eigenvalue weighted by molar-refractivity contribution is -0.0836. The minimum atomic E-state index is -0.0932. The second-order valence-electron chi connectivity index (χ2n) is 8.70. The van der Waals surface area contributed by atoms with E-state index in [0.717, 1.165) is 43.7 Å². The first kappa shape index (κ1) is 20.6. The van der Waals surface area contributed by atoms with Crippen molar-refractivity contribution in [2.24, 2.45) is 4.99 Å². The molecule has 28 heavy (non-hydrogen) atoms. The van der Waals surface area contributed by atoms with Crippen LogP contribution in [-0.4, -0.2) is 31.1 Å². The second-order valence-corrected chi connectivity index (χ2v) is 8.70. The summed E-state index contributed by atoms with van der Waals surface area (Å²) >= 11 is 0. The predicted octanol–water partition coefficient (Wildman–Crippen LogP) is 5.81. The Morgan fingerprint density at radius 3 is 2.43 bits per heavy atom. The van der Waals surface area contributed by atoms with E-state index in [1.54, 1.807) is 0 Å². The van der Waals surface area contributed by atoms with E-state index in [1.165, 1.54) is 5.56 Å². The van der Waals surface area contributed by atoms with Gasteiger partial charge in [0, 0.05) is 24.8 Å². The zero-order chi connectivity index (χ0) is 20.0. The Balaban J connectivity index is 1.66. The van der Waals surface area contributed by atoms with Crippen molar-refractivity contribution in [1.29, 1.82) is 0 Å². The number of nitrogens with zero attached hydrogens (tertiary/aromatic N) is 1. The molecule has 1 atom stereocenters. The monoisotopic (exact) mass is 379 g/mol. The highest BCUT2D eigenvalue weighted by Crippen LogP contribution is 2.43. The smallest absolute Gasteiger partial charge is 0.119 e. The fourth-order valence-electron chi connectivity index (χ4n) is 4.23. The normalized spacial score (nSPS) is 21.9. The fraction of sp³-hybridized carbons (Fsp3) is 0.480. The first-order chi connectivity index (χ1) is 13.4. The van der Waals surface area contributed by atoms with Gasteiger partial charge in [0.25, 0.3) is 0 Å². The Bertz CT molecular complexity index is 765. The van der Waals surface area contributed by atoms with Gasteiger partial charge in [0.2, 0.25) is 0 Å². The number of aliphatic imine (C=N–C) groups is 1. The molecule has 0 saturated carbocycles. The fourth-order valence-corrected chi connectivity index (χ4v) is 4.23. The first-order valence-electron chi connectivity index (χ1n) is 10.3. The quantitative estimate of drug-likeness (QED) is 0.568. The highest BCUT2D eigenvalue weighted by atomic mass is 16.5. The molecule has 0 amide bonds. The van der Waals surface area contributed by atoms with Crippen LogP contribution in [0.1, 0.15) is 58.1 Å². The molecule has 2 aromatic carbocycles. The summed E-state index contributed by atoms with van der Waals surface area (Å²) < 4.78 is 11.7. The molecule has 0 radical (unpaired) electrons. The van der Waals surface area contributed by atoms with Gasteiger partial charge in [0.1, 0.15) is 5.75 Å². The van der Waals surface area contributed by atoms with Crippen molar-refractivity contribution in [3.05, 3.63) is 65.7 Å². The van der Waals surface area contributed by atoms with Gasteiger partial charge in [-0.05, 0) is 82.3 Å². The second kappa shape index (κ2) is 8.91. The third-order valence-electron chi connectivity index (χ3n) is 5.44. The Kier molecular flexibility index (Phi) is 6.56. The van der Waals surface area contributed by atoms with Crippen molar-refractivity contribution >= 4 is 6.21 Å². The van der Waals surface area contributed by atoms with Crippen molar-refractivity contribution in [1.82, 2.24) is 0 Å². The third-order valence-corrected chi connectivity index (χ3v) is 5.44. The molecule has 0 spiro atoms. The van der Waals surface area contributed by atoms with Crippen LogP contribution in [0.2, 0.25) is 0 Å². The summed E-state index contributed by atoms with van der Waals surface area (Å²) in [6.45, 7) is 10.1. The number of rotatable bonds is 7. The molecule has 1 aliphatic heterocycles. The average molecular weight is 380 g/mol. The minimum Gasteiger partial charge on any atom is -0.491 e. The van der Waals surface area contributed by atoms with Gasteiger partial charge in [0.05, 0.1) is 11.7 Å². The lowest BCUT2D eigenvalue weighted by Crippen LogP contribution is -2.44. The molecule has 0 aromatic heterocycles. The van der Waals surface area contributed by atoms with Crippen molar-refractivity contribution in [2.45, 2.75) is 64.1 Å². The van der Waals surface area contributed by atoms with Gasteiger partial charge < -0.3 is 9.47 Å². The number of ether oxygens (including phenoxy) is 2. The molecule has 3 rings (SSSR count). The van der Waals surface area contributed by atoms with Crippen LogP contribution in [0.25, 0.3) is 0 Å². The average Bonchev–Trinajstić information content (AvgIpc) is 2.66. The molecule has 0 N–H and O–H groups in total. The molecular formula is C25H33NO2. The summed E-state index contributed by atoms with van der Waals surface area (Å²) in [7, 11) is 0. The van der Waals surface area contributed by atoms with Gasteiger partial charge in [-0.3, -0.25) is 4.99 Å². The zero-order valence-electron chi connectivity index (χ0n) is 17.7. The summed E-state index contributed by atoms with van der Waals surface area (Å²) in [6, 6.07) is 19.0. The van der Waals surface area contributed by atoms with E-state index in [9.17, 15) is 0 Å². The van der Waals surface area contributed by atoms with Gasteiger partial charge in [-0.25, -0.2) is 0 Å². The highest BCUT2D eigenvalue weighted by molar-refractivity contribution is 5.79. The van der Waals surface area contributed by atoms with Crippen LogP contribution >= 0.6 is 0 Å². The SMILES string of the molecule is CC(C)Oc1ccc(C=NCC[C@]2(c3ccccc3)CCOC(C)(C)C2)cc1. The molecule has 1 fully saturated rings. The van der Waals surface area contributed by atoms with Crippen LogP contribution in [0.3, 0.4) is 0 Å². The summed E-state index contributed by atoms with van der Waals surface area (Å²) in [4.78, 5) is 4.74. The first-order valence-corrected chi connectivity index (χ1v) is 10.3. The Morgan fingerprint density at radius 1 is 1.07 bits per heavy atom. The molecule has 2 aromatic rings. The molecule has 3 heteroatoms. The molecule has 150 valence electrons. The number of hydrogen-bond donors (Lipinski definition) is 0. The largest absolute Gasteiger partial charge is 0.491 e. The molecule has 1 aliphatic rings. The van der Waals surface area contributed by atoms with E-state index < -0.39 is 0 Å². The van der Waals surface area contributed by atoms with Crippen molar-refractivity contribution in [2.75, 3.05) is 13.2 Å². The van der Waals surface area contributed by atoms with Gasteiger partial charge in [-0.2, -0.15) is 0 Å². The Labute approximate surface area is 169 Å². The Hall–Kier alpha value is -2.13. The van der Waals surface area contributed by atoms with E-state index >= 15 is 0 Å². The van der Waals surface area contributed by atoms with E-state index in [4.69, 9.17) is 14.5 Å². The molecule has 0 unspecified atom stereocenters. The van der Waals surface area contributed by atoms with Crippen LogP contribution in [0.4, 0.5) is 0 Å². The van der Waals surface area contributed by atoms with E-state index in [1.807, 2.05) is 32.2 Å². The van der Waals surface area contributed by atoms with Gasteiger partial charge in [0.15, 0.2) is 0 Å². The van der Waals surface area contributed by atoms with E-state index in [2.05, 4.69) is 56.3 Å². The standard InChI is InChI=1S/C25H33NO2/c1-20(2)28-23-12-10-21(11-13-23)18-26-16-14-25(22-8-6-5-7-9-22)15-17-27-24(3,4)19-25/h5-13,18,20H,14-17,19H2,1-4H3/t25-/m0/s1. The Morgan fingerprint density at radius 2 is 1.79 bits per heavy atom. The summed E-state index contributed by atoms with van der Waals surface area (Å²) in [5.41, 5.74) is 2.56. The maximum atomic E-state index is 6.01. The topological polar surface area (TPSA) is 30.8 Å².